The first-order valence-electron chi connectivity index (χ1n) is 6.12. The van der Waals surface area contributed by atoms with Crippen LogP contribution in [0, 0.1) is 0 Å². The summed E-state index contributed by atoms with van der Waals surface area (Å²) in [4.78, 5) is 13.2. The average molecular weight is 313 g/mol. The number of rotatable bonds is 3. The predicted molar refractivity (Wildman–Crippen MR) is 75.0 cm³/mol. The number of carboxylic acids is 1. The fourth-order valence-electron chi connectivity index (χ4n) is 2.32. The zero-order valence-electron chi connectivity index (χ0n) is 10.1. The topological polar surface area (TPSA) is 52.6 Å². The van der Waals surface area contributed by atoms with E-state index in [0.29, 0.717) is 6.54 Å². The van der Waals surface area contributed by atoms with Gasteiger partial charge in [0.1, 0.15) is 0 Å². The van der Waals surface area contributed by atoms with Crippen LogP contribution in [-0.4, -0.2) is 36.8 Å². The van der Waals surface area contributed by atoms with E-state index >= 15 is 0 Å². The number of para-hydroxylation sites is 1. The molecule has 0 saturated carbocycles. The summed E-state index contributed by atoms with van der Waals surface area (Å²) in [6.07, 6.45) is 1.19. The highest BCUT2D eigenvalue weighted by atomic mass is 79.9. The van der Waals surface area contributed by atoms with Gasteiger partial charge in [0, 0.05) is 17.6 Å². The van der Waals surface area contributed by atoms with Crippen LogP contribution < -0.4 is 10.2 Å². The van der Waals surface area contributed by atoms with Crippen molar-refractivity contribution in [2.24, 2.45) is 0 Å². The van der Waals surface area contributed by atoms with Crippen molar-refractivity contribution in [1.82, 2.24) is 5.32 Å². The number of hydrogen-bond acceptors (Lipinski definition) is 3. The van der Waals surface area contributed by atoms with E-state index in [1.54, 1.807) is 0 Å². The Balaban J connectivity index is 2.25. The van der Waals surface area contributed by atoms with Gasteiger partial charge in [0.15, 0.2) is 0 Å². The molecule has 1 fully saturated rings. The maximum atomic E-state index is 11.0. The molecule has 1 aromatic rings. The standard InChI is InChI=1S/C13H17BrN2O2/c14-11-4-1-2-5-12(11)16-7-3-6-15-9-10(16)8-13(17)18/h1-2,4-5,10,15H,3,6-9H2,(H,17,18). The van der Waals surface area contributed by atoms with Gasteiger partial charge in [0.25, 0.3) is 0 Å². The van der Waals surface area contributed by atoms with E-state index < -0.39 is 5.97 Å². The molecule has 1 aliphatic rings. The first kappa shape index (κ1) is 13.4. The zero-order valence-corrected chi connectivity index (χ0v) is 11.7. The van der Waals surface area contributed by atoms with Crippen LogP contribution in [0.4, 0.5) is 5.69 Å². The van der Waals surface area contributed by atoms with Crippen LogP contribution in [0.25, 0.3) is 0 Å². The number of nitrogens with zero attached hydrogens (tertiary/aromatic N) is 1. The molecule has 2 rings (SSSR count). The minimum absolute atomic E-state index is 0.00343. The van der Waals surface area contributed by atoms with Crippen molar-refractivity contribution in [3.8, 4) is 0 Å². The smallest absolute Gasteiger partial charge is 0.305 e. The Hall–Kier alpha value is -1.07. The van der Waals surface area contributed by atoms with E-state index in [1.165, 1.54) is 0 Å². The molecule has 0 spiro atoms. The lowest BCUT2D eigenvalue weighted by molar-refractivity contribution is -0.137. The van der Waals surface area contributed by atoms with E-state index in [-0.39, 0.29) is 12.5 Å². The van der Waals surface area contributed by atoms with Gasteiger partial charge in [0.2, 0.25) is 0 Å². The Labute approximate surface area is 115 Å². The molecule has 1 aromatic carbocycles. The average Bonchev–Trinajstić information content (AvgIpc) is 2.55. The molecule has 1 heterocycles. The first-order valence-corrected chi connectivity index (χ1v) is 6.91. The summed E-state index contributed by atoms with van der Waals surface area (Å²) < 4.78 is 1.02. The van der Waals surface area contributed by atoms with Crippen LogP contribution in [0.1, 0.15) is 12.8 Å². The third-order valence-corrected chi connectivity index (χ3v) is 3.82. The summed E-state index contributed by atoms with van der Waals surface area (Å²) >= 11 is 3.54. The Morgan fingerprint density at radius 3 is 3.00 bits per heavy atom. The fourth-order valence-corrected chi connectivity index (χ4v) is 2.83. The number of anilines is 1. The van der Waals surface area contributed by atoms with Crippen LogP contribution in [0.15, 0.2) is 28.7 Å². The van der Waals surface area contributed by atoms with Crippen LogP contribution >= 0.6 is 15.9 Å². The van der Waals surface area contributed by atoms with Gasteiger partial charge >= 0.3 is 5.97 Å². The van der Waals surface area contributed by atoms with Crippen molar-refractivity contribution >= 4 is 27.6 Å². The van der Waals surface area contributed by atoms with Crippen LogP contribution in [0.5, 0.6) is 0 Å². The molecule has 0 radical (unpaired) electrons. The molecule has 2 N–H and O–H groups in total. The number of nitrogens with one attached hydrogen (secondary N) is 1. The lowest BCUT2D eigenvalue weighted by atomic mass is 10.1. The van der Waals surface area contributed by atoms with E-state index in [0.717, 1.165) is 29.7 Å². The second-order valence-corrected chi connectivity index (χ2v) is 5.31. The lowest BCUT2D eigenvalue weighted by Gasteiger charge is -2.31. The number of aliphatic carboxylic acids is 1. The third kappa shape index (κ3) is 3.23. The van der Waals surface area contributed by atoms with Crippen molar-refractivity contribution in [2.45, 2.75) is 18.9 Å². The molecule has 18 heavy (non-hydrogen) atoms. The number of benzene rings is 1. The van der Waals surface area contributed by atoms with Crippen LogP contribution in [-0.2, 0) is 4.79 Å². The third-order valence-electron chi connectivity index (χ3n) is 3.15. The van der Waals surface area contributed by atoms with Gasteiger partial charge < -0.3 is 15.3 Å². The van der Waals surface area contributed by atoms with E-state index in [9.17, 15) is 4.79 Å². The molecule has 1 aliphatic heterocycles. The van der Waals surface area contributed by atoms with Gasteiger partial charge in [-0.25, -0.2) is 0 Å². The summed E-state index contributed by atoms with van der Waals surface area (Å²) in [5, 5.41) is 12.3. The summed E-state index contributed by atoms with van der Waals surface area (Å²) in [6.45, 7) is 2.54. The van der Waals surface area contributed by atoms with Gasteiger partial charge in [-0.1, -0.05) is 12.1 Å². The number of halogens is 1. The summed E-state index contributed by atoms with van der Waals surface area (Å²) in [5.74, 6) is -0.749. The molecular formula is C13H17BrN2O2. The first-order chi connectivity index (χ1) is 8.68. The molecular weight excluding hydrogens is 296 g/mol. The maximum absolute atomic E-state index is 11.0. The molecule has 0 aliphatic carbocycles. The Morgan fingerprint density at radius 2 is 2.28 bits per heavy atom. The van der Waals surface area contributed by atoms with Crippen molar-refractivity contribution in [3.63, 3.8) is 0 Å². The maximum Gasteiger partial charge on any atom is 0.305 e. The van der Waals surface area contributed by atoms with Crippen molar-refractivity contribution in [1.29, 1.82) is 0 Å². The minimum atomic E-state index is -0.749. The fraction of sp³-hybridized carbons (Fsp3) is 0.462. The summed E-state index contributed by atoms with van der Waals surface area (Å²) in [5.41, 5.74) is 1.08. The van der Waals surface area contributed by atoms with Gasteiger partial charge in [-0.15, -0.1) is 0 Å². The number of carbonyl (C=O) groups is 1. The number of carboxylic acid groups (broad SMARTS) is 1. The molecule has 1 saturated heterocycles. The molecule has 0 amide bonds. The monoisotopic (exact) mass is 312 g/mol. The molecule has 98 valence electrons. The largest absolute Gasteiger partial charge is 0.481 e. The molecule has 0 bridgehead atoms. The SMILES string of the molecule is O=C(O)CC1CNCCCN1c1ccccc1Br. The summed E-state index contributed by atoms with van der Waals surface area (Å²) in [7, 11) is 0. The highest BCUT2D eigenvalue weighted by Gasteiger charge is 2.24. The highest BCUT2D eigenvalue weighted by Crippen LogP contribution is 2.28. The van der Waals surface area contributed by atoms with Gasteiger partial charge in [-0.05, 0) is 41.0 Å². The highest BCUT2D eigenvalue weighted by molar-refractivity contribution is 9.10. The zero-order chi connectivity index (χ0) is 13.0. The molecule has 5 heteroatoms. The summed E-state index contributed by atoms with van der Waals surface area (Å²) in [6, 6.07) is 7.98. The van der Waals surface area contributed by atoms with Gasteiger partial charge in [-0.3, -0.25) is 4.79 Å². The molecule has 0 aromatic heterocycles. The van der Waals surface area contributed by atoms with E-state index in [2.05, 4.69) is 26.1 Å². The number of hydrogen-bond donors (Lipinski definition) is 2. The predicted octanol–water partition coefficient (Wildman–Crippen LogP) is 2.09. The van der Waals surface area contributed by atoms with Gasteiger partial charge in [-0.2, -0.15) is 0 Å². The second-order valence-electron chi connectivity index (χ2n) is 4.45. The van der Waals surface area contributed by atoms with E-state index in [1.807, 2.05) is 24.3 Å². The normalized spacial score (nSPS) is 20.5. The molecule has 1 atom stereocenters. The van der Waals surface area contributed by atoms with E-state index in [4.69, 9.17) is 5.11 Å². The Morgan fingerprint density at radius 1 is 1.50 bits per heavy atom. The quantitative estimate of drug-likeness (QED) is 0.897. The lowest BCUT2D eigenvalue weighted by Crippen LogP contribution is -2.41. The van der Waals surface area contributed by atoms with Gasteiger partial charge in [0.05, 0.1) is 18.2 Å². The van der Waals surface area contributed by atoms with Crippen LogP contribution in [0.2, 0.25) is 0 Å². The van der Waals surface area contributed by atoms with Crippen molar-refractivity contribution in [3.05, 3.63) is 28.7 Å². The minimum Gasteiger partial charge on any atom is -0.481 e. The van der Waals surface area contributed by atoms with Crippen molar-refractivity contribution in [2.75, 3.05) is 24.5 Å². The van der Waals surface area contributed by atoms with Crippen LogP contribution in [0.3, 0.4) is 0 Å². The Bertz CT molecular complexity index is 425. The molecule has 4 nitrogen and oxygen atoms in total. The van der Waals surface area contributed by atoms with Crippen molar-refractivity contribution < 1.29 is 9.90 Å². The Kier molecular flexibility index (Phi) is 4.60. The molecule has 1 unspecified atom stereocenters. The second kappa shape index (κ2) is 6.20.